The number of nitrogens with zero attached hydrogens (tertiary/aromatic N) is 2. The highest BCUT2D eigenvalue weighted by atomic mass is 32.1. The Balaban J connectivity index is 1.69. The highest BCUT2D eigenvalue weighted by Gasteiger charge is 2.27. The fourth-order valence-electron chi connectivity index (χ4n) is 2.97. The van der Waals surface area contributed by atoms with E-state index in [1.54, 1.807) is 17.0 Å². The van der Waals surface area contributed by atoms with Crippen molar-refractivity contribution in [3.05, 3.63) is 30.9 Å². The number of aromatic nitrogens is 1. The van der Waals surface area contributed by atoms with E-state index in [1.165, 1.54) is 24.3 Å². The molecule has 2 N–H and O–H groups in total. The van der Waals surface area contributed by atoms with Gasteiger partial charge in [-0.3, -0.25) is 14.4 Å². The number of fused-ring (bicyclic) bond motifs is 1. The van der Waals surface area contributed by atoms with Crippen molar-refractivity contribution in [1.29, 1.82) is 0 Å². The molecule has 2 aromatic rings. The van der Waals surface area contributed by atoms with Crippen molar-refractivity contribution in [3.63, 3.8) is 0 Å². The first kappa shape index (κ1) is 18.1. The fraction of sp³-hybridized carbons (Fsp3) is 0.333. The van der Waals surface area contributed by atoms with Gasteiger partial charge >= 0.3 is 0 Å². The number of rotatable bonds is 4. The highest BCUT2D eigenvalue weighted by Crippen LogP contribution is 2.29. The topological polar surface area (TPSA) is 91.4 Å². The average Bonchev–Trinajstić information content (AvgIpc) is 3.01. The number of anilines is 2. The van der Waals surface area contributed by atoms with Crippen LogP contribution in [-0.4, -0.2) is 40.7 Å². The Morgan fingerprint density at radius 2 is 2.15 bits per heavy atom. The Hall–Kier alpha value is -2.74. The van der Waals surface area contributed by atoms with Crippen LogP contribution < -0.4 is 10.6 Å². The second kappa shape index (κ2) is 7.65. The van der Waals surface area contributed by atoms with Crippen LogP contribution in [0.4, 0.5) is 10.8 Å². The van der Waals surface area contributed by atoms with E-state index in [1.807, 2.05) is 6.07 Å². The van der Waals surface area contributed by atoms with Crippen LogP contribution in [0.2, 0.25) is 0 Å². The van der Waals surface area contributed by atoms with E-state index < -0.39 is 0 Å². The predicted octanol–water partition coefficient (Wildman–Crippen LogP) is 2.62. The summed E-state index contributed by atoms with van der Waals surface area (Å²) >= 11 is 1.35. The molecule has 1 aromatic carbocycles. The van der Waals surface area contributed by atoms with Crippen molar-refractivity contribution in [3.8, 4) is 0 Å². The van der Waals surface area contributed by atoms with Crippen LogP contribution in [0.3, 0.4) is 0 Å². The van der Waals surface area contributed by atoms with Gasteiger partial charge in [0, 0.05) is 25.7 Å². The molecule has 0 aliphatic carbocycles. The molecule has 8 heteroatoms. The zero-order valence-corrected chi connectivity index (χ0v) is 15.3. The summed E-state index contributed by atoms with van der Waals surface area (Å²) in [7, 11) is 0. The SMILES string of the molecule is C=CC(=O)N1CCCC(C(=O)Nc2ccc3nc(NC(C)=O)sc3c2)C1. The quantitative estimate of drug-likeness (QED) is 0.807. The zero-order chi connectivity index (χ0) is 18.7. The summed E-state index contributed by atoms with van der Waals surface area (Å²) < 4.78 is 0.874. The van der Waals surface area contributed by atoms with Gasteiger partial charge in [-0.2, -0.15) is 0 Å². The number of carbonyl (C=O) groups excluding carboxylic acids is 3. The number of carbonyl (C=O) groups is 3. The lowest BCUT2D eigenvalue weighted by atomic mass is 9.97. The number of piperidine rings is 1. The Morgan fingerprint density at radius 1 is 1.35 bits per heavy atom. The van der Waals surface area contributed by atoms with E-state index in [2.05, 4.69) is 22.2 Å². The normalized spacial score (nSPS) is 17.0. The van der Waals surface area contributed by atoms with Crippen molar-refractivity contribution in [2.75, 3.05) is 23.7 Å². The molecule has 7 nitrogen and oxygen atoms in total. The van der Waals surface area contributed by atoms with Crippen molar-refractivity contribution >= 4 is 50.1 Å². The Labute approximate surface area is 155 Å². The molecule has 2 heterocycles. The monoisotopic (exact) mass is 372 g/mol. The molecule has 1 unspecified atom stereocenters. The van der Waals surface area contributed by atoms with Crippen LogP contribution in [-0.2, 0) is 14.4 Å². The number of nitrogens with one attached hydrogen (secondary N) is 2. The van der Waals surface area contributed by atoms with Crippen molar-refractivity contribution < 1.29 is 14.4 Å². The average molecular weight is 372 g/mol. The molecule has 0 spiro atoms. The molecule has 26 heavy (non-hydrogen) atoms. The molecule has 1 atom stereocenters. The first-order chi connectivity index (χ1) is 12.5. The van der Waals surface area contributed by atoms with Gasteiger partial charge < -0.3 is 15.5 Å². The third-order valence-electron chi connectivity index (χ3n) is 4.22. The van der Waals surface area contributed by atoms with Crippen LogP contribution >= 0.6 is 11.3 Å². The van der Waals surface area contributed by atoms with Crippen molar-refractivity contribution in [2.24, 2.45) is 5.92 Å². The largest absolute Gasteiger partial charge is 0.338 e. The molecule has 0 saturated carbocycles. The first-order valence-corrected chi connectivity index (χ1v) is 9.18. The van der Waals surface area contributed by atoms with Gasteiger partial charge in [-0.15, -0.1) is 0 Å². The second-order valence-electron chi connectivity index (χ2n) is 6.20. The first-order valence-electron chi connectivity index (χ1n) is 8.36. The van der Waals surface area contributed by atoms with Gasteiger partial charge in [-0.05, 0) is 37.1 Å². The molecule has 0 bridgehead atoms. The van der Waals surface area contributed by atoms with Gasteiger partial charge in [0.25, 0.3) is 0 Å². The maximum absolute atomic E-state index is 12.6. The van der Waals surface area contributed by atoms with Gasteiger partial charge in [-0.25, -0.2) is 4.98 Å². The van der Waals surface area contributed by atoms with Crippen LogP contribution in [0.25, 0.3) is 10.2 Å². The minimum absolute atomic E-state index is 0.0995. The molecule has 1 aliphatic rings. The number of likely N-dealkylation sites (tertiary alicyclic amines) is 1. The van der Waals surface area contributed by atoms with E-state index in [4.69, 9.17) is 0 Å². The maximum atomic E-state index is 12.6. The highest BCUT2D eigenvalue weighted by molar-refractivity contribution is 7.22. The third kappa shape index (κ3) is 4.08. The summed E-state index contributed by atoms with van der Waals surface area (Å²) in [6, 6.07) is 5.43. The summed E-state index contributed by atoms with van der Waals surface area (Å²) in [6.45, 7) is 6.00. The molecular formula is C18H20N4O3S. The standard InChI is InChI=1S/C18H20N4O3S/c1-3-16(24)22-8-4-5-12(10-22)17(25)20-13-6-7-14-15(9-13)26-18(21-14)19-11(2)23/h3,6-7,9,12H,1,4-5,8,10H2,2H3,(H,20,25)(H,19,21,23). The predicted molar refractivity (Wildman–Crippen MR) is 102 cm³/mol. The van der Waals surface area contributed by atoms with Crippen LogP contribution in [0.1, 0.15) is 19.8 Å². The number of hydrogen-bond acceptors (Lipinski definition) is 5. The lowest BCUT2D eigenvalue weighted by Crippen LogP contribution is -2.43. The van der Waals surface area contributed by atoms with Gasteiger partial charge in [0.05, 0.1) is 16.1 Å². The lowest BCUT2D eigenvalue weighted by Gasteiger charge is -2.31. The smallest absolute Gasteiger partial charge is 0.245 e. The van der Waals surface area contributed by atoms with E-state index in [-0.39, 0.29) is 23.6 Å². The van der Waals surface area contributed by atoms with Crippen LogP contribution in [0.5, 0.6) is 0 Å². The van der Waals surface area contributed by atoms with Crippen LogP contribution in [0.15, 0.2) is 30.9 Å². The van der Waals surface area contributed by atoms with Crippen molar-refractivity contribution in [1.82, 2.24) is 9.88 Å². The Bertz CT molecular complexity index is 876. The summed E-state index contributed by atoms with van der Waals surface area (Å²) in [6.07, 6.45) is 2.83. The minimum atomic E-state index is -0.236. The maximum Gasteiger partial charge on any atom is 0.245 e. The molecular weight excluding hydrogens is 352 g/mol. The van der Waals surface area contributed by atoms with Gasteiger partial charge in [0.2, 0.25) is 17.7 Å². The molecule has 1 fully saturated rings. The Kier molecular flexibility index (Phi) is 5.32. The van der Waals surface area contributed by atoms with E-state index in [0.29, 0.717) is 23.9 Å². The minimum Gasteiger partial charge on any atom is -0.338 e. The molecule has 1 aromatic heterocycles. The van der Waals surface area contributed by atoms with E-state index in [0.717, 1.165) is 23.1 Å². The number of benzene rings is 1. The third-order valence-corrected chi connectivity index (χ3v) is 5.15. The van der Waals surface area contributed by atoms with Gasteiger partial charge in [0.1, 0.15) is 0 Å². The number of thiazole rings is 1. The van der Waals surface area contributed by atoms with E-state index in [9.17, 15) is 14.4 Å². The van der Waals surface area contributed by atoms with Gasteiger partial charge in [0.15, 0.2) is 5.13 Å². The molecule has 136 valence electrons. The molecule has 1 aliphatic heterocycles. The molecule has 3 amide bonds. The number of amides is 3. The summed E-state index contributed by atoms with van der Waals surface area (Å²) in [5.41, 5.74) is 1.44. The Morgan fingerprint density at radius 3 is 2.88 bits per heavy atom. The lowest BCUT2D eigenvalue weighted by molar-refractivity contribution is -0.130. The number of hydrogen-bond donors (Lipinski definition) is 2. The fourth-order valence-corrected chi connectivity index (χ4v) is 3.92. The summed E-state index contributed by atoms with van der Waals surface area (Å²) in [4.78, 5) is 41.4. The molecule has 1 saturated heterocycles. The second-order valence-corrected chi connectivity index (χ2v) is 7.23. The molecule has 3 rings (SSSR count). The zero-order valence-electron chi connectivity index (χ0n) is 14.4. The summed E-state index contributed by atoms with van der Waals surface area (Å²) in [5, 5.41) is 6.11. The van der Waals surface area contributed by atoms with Crippen molar-refractivity contribution in [2.45, 2.75) is 19.8 Å². The van der Waals surface area contributed by atoms with E-state index >= 15 is 0 Å². The summed E-state index contributed by atoms with van der Waals surface area (Å²) in [5.74, 6) is -0.648. The van der Waals surface area contributed by atoms with Crippen LogP contribution in [0, 0.1) is 5.92 Å². The van der Waals surface area contributed by atoms with Gasteiger partial charge in [-0.1, -0.05) is 17.9 Å². The molecule has 0 radical (unpaired) electrons.